The van der Waals surface area contributed by atoms with Gasteiger partial charge in [0.15, 0.2) is 8.32 Å². The van der Waals surface area contributed by atoms with Crippen LogP contribution in [0.2, 0.25) is 18.1 Å². The molecule has 2 rings (SSSR count). The summed E-state index contributed by atoms with van der Waals surface area (Å²) in [4.78, 5) is 29.0. The van der Waals surface area contributed by atoms with Gasteiger partial charge in [-0.2, -0.15) is 0 Å². The third-order valence-corrected chi connectivity index (χ3v) is 10.8. The molecule has 1 aliphatic heterocycles. The lowest BCUT2D eigenvalue weighted by Crippen LogP contribution is -2.47. The molecule has 0 saturated carbocycles. The Kier molecular flexibility index (Phi) is 8.99. The van der Waals surface area contributed by atoms with Gasteiger partial charge in [0.2, 0.25) is 0 Å². The van der Waals surface area contributed by atoms with Gasteiger partial charge in [-0.15, -0.1) is 0 Å². The molecule has 0 bridgehead atoms. The molecule has 1 aromatic carbocycles. The highest BCUT2D eigenvalue weighted by Crippen LogP contribution is 2.36. The SMILES string of the molecule is CC(C)(C)OC(=O)N1CC[C@@H](N(CCO[Si](C)(C)C(C)(C)C)C(=O)OCc2ccccc2)C1. The molecule has 186 valence electrons. The van der Waals surface area contributed by atoms with E-state index in [1.165, 1.54) is 0 Å². The molecule has 0 aromatic heterocycles. The third kappa shape index (κ3) is 8.34. The molecule has 1 aromatic rings. The lowest BCUT2D eigenvalue weighted by atomic mass is 10.2. The number of ether oxygens (including phenoxy) is 2. The molecule has 0 unspecified atom stereocenters. The van der Waals surface area contributed by atoms with Crippen molar-refractivity contribution >= 4 is 20.5 Å². The number of hydrogen-bond acceptors (Lipinski definition) is 5. The monoisotopic (exact) mass is 478 g/mol. The number of carbonyl (C=O) groups excluding carboxylic acids is 2. The summed E-state index contributed by atoms with van der Waals surface area (Å²) in [5.41, 5.74) is 0.380. The molecule has 1 fully saturated rings. The zero-order chi connectivity index (χ0) is 24.9. The third-order valence-electron chi connectivity index (χ3n) is 6.30. The predicted molar refractivity (Wildman–Crippen MR) is 133 cm³/mol. The van der Waals surface area contributed by atoms with Crippen LogP contribution < -0.4 is 0 Å². The number of amides is 2. The van der Waals surface area contributed by atoms with E-state index < -0.39 is 13.9 Å². The minimum Gasteiger partial charge on any atom is -0.445 e. The zero-order valence-corrected chi connectivity index (χ0v) is 22.6. The van der Waals surface area contributed by atoms with Crippen LogP contribution in [0, 0.1) is 0 Å². The smallest absolute Gasteiger partial charge is 0.410 e. The van der Waals surface area contributed by atoms with Crippen LogP contribution >= 0.6 is 0 Å². The second-order valence-corrected chi connectivity index (χ2v) is 16.0. The number of carbonyl (C=O) groups is 2. The van der Waals surface area contributed by atoms with E-state index in [2.05, 4.69) is 33.9 Å². The van der Waals surface area contributed by atoms with Gasteiger partial charge in [0, 0.05) is 19.6 Å². The first-order chi connectivity index (χ1) is 15.2. The number of nitrogens with zero attached hydrogens (tertiary/aromatic N) is 2. The maximum atomic E-state index is 13.1. The van der Waals surface area contributed by atoms with Crippen molar-refractivity contribution in [1.29, 1.82) is 0 Å². The fourth-order valence-corrected chi connectivity index (χ4v) is 4.36. The summed E-state index contributed by atoms with van der Waals surface area (Å²) >= 11 is 0. The summed E-state index contributed by atoms with van der Waals surface area (Å²) in [6.07, 6.45) is -0.0476. The minimum atomic E-state index is -1.94. The molecule has 0 spiro atoms. The predicted octanol–water partition coefficient (Wildman–Crippen LogP) is 5.66. The van der Waals surface area contributed by atoms with Crippen LogP contribution in [0.15, 0.2) is 30.3 Å². The largest absolute Gasteiger partial charge is 0.445 e. The molecule has 8 heteroatoms. The number of hydrogen-bond donors (Lipinski definition) is 0. The normalized spacial score (nSPS) is 17.1. The van der Waals surface area contributed by atoms with E-state index in [0.29, 0.717) is 32.7 Å². The quantitative estimate of drug-likeness (QED) is 0.473. The average molecular weight is 479 g/mol. The Bertz CT molecular complexity index is 786. The molecular formula is C25H42N2O5Si. The van der Waals surface area contributed by atoms with Crippen molar-refractivity contribution in [3.05, 3.63) is 35.9 Å². The first-order valence-corrected chi connectivity index (χ1v) is 14.7. The number of rotatable bonds is 7. The Hall–Kier alpha value is -2.06. The summed E-state index contributed by atoms with van der Waals surface area (Å²) in [6.45, 7) is 18.6. The average Bonchev–Trinajstić information content (AvgIpc) is 3.18. The van der Waals surface area contributed by atoms with Crippen LogP contribution in [0.3, 0.4) is 0 Å². The maximum absolute atomic E-state index is 13.1. The second-order valence-electron chi connectivity index (χ2n) is 11.2. The highest BCUT2D eigenvalue weighted by Gasteiger charge is 2.39. The number of benzene rings is 1. The first-order valence-electron chi connectivity index (χ1n) is 11.8. The molecule has 1 aliphatic rings. The van der Waals surface area contributed by atoms with Gasteiger partial charge in [0.05, 0.1) is 12.6 Å². The van der Waals surface area contributed by atoms with Gasteiger partial charge in [-0.05, 0) is 50.9 Å². The van der Waals surface area contributed by atoms with Gasteiger partial charge in [-0.1, -0.05) is 51.1 Å². The standard InChI is InChI=1S/C25H42N2O5Si/c1-24(2,3)32-22(28)26-15-14-21(18-26)27(16-17-31-33(7,8)25(4,5)6)23(29)30-19-20-12-10-9-11-13-20/h9-13,21H,14-19H2,1-8H3/t21-/m1/s1. The Labute approximate surface area is 200 Å². The Balaban J connectivity index is 2.05. The van der Waals surface area contributed by atoms with Crippen molar-refractivity contribution in [3.8, 4) is 0 Å². The molecule has 1 saturated heterocycles. The molecule has 2 amide bonds. The molecule has 1 atom stereocenters. The van der Waals surface area contributed by atoms with Crippen molar-refractivity contribution in [3.63, 3.8) is 0 Å². The molecule has 33 heavy (non-hydrogen) atoms. The fraction of sp³-hybridized carbons (Fsp3) is 0.680. The van der Waals surface area contributed by atoms with Crippen LogP contribution in [0.5, 0.6) is 0 Å². The van der Waals surface area contributed by atoms with E-state index >= 15 is 0 Å². The summed E-state index contributed by atoms with van der Waals surface area (Å²) in [5, 5.41) is 0.0898. The van der Waals surface area contributed by atoms with E-state index in [1.807, 2.05) is 51.1 Å². The summed E-state index contributed by atoms with van der Waals surface area (Å²) < 4.78 is 17.5. The zero-order valence-electron chi connectivity index (χ0n) is 21.6. The van der Waals surface area contributed by atoms with E-state index in [0.717, 1.165) is 5.56 Å². The molecule has 7 nitrogen and oxygen atoms in total. The van der Waals surface area contributed by atoms with Crippen LogP contribution in [-0.2, 0) is 20.5 Å². The molecule has 0 N–H and O–H groups in total. The Morgan fingerprint density at radius 1 is 1.09 bits per heavy atom. The van der Waals surface area contributed by atoms with Crippen molar-refractivity contribution < 1.29 is 23.5 Å². The van der Waals surface area contributed by atoms with Crippen molar-refractivity contribution in [2.45, 2.75) is 84.3 Å². The summed E-state index contributed by atoms with van der Waals surface area (Å²) in [6, 6.07) is 9.49. The molecule has 0 aliphatic carbocycles. The van der Waals surface area contributed by atoms with Crippen LogP contribution in [0.4, 0.5) is 9.59 Å². The topological polar surface area (TPSA) is 68.3 Å². The van der Waals surface area contributed by atoms with Gasteiger partial charge in [0.25, 0.3) is 0 Å². The van der Waals surface area contributed by atoms with Crippen molar-refractivity contribution in [2.24, 2.45) is 0 Å². The first kappa shape index (κ1) is 27.2. The lowest BCUT2D eigenvalue weighted by molar-refractivity contribution is 0.0270. The maximum Gasteiger partial charge on any atom is 0.410 e. The second kappa shape index (κ2) is 10.9. The molecule has 0 radical (unpaired) electrons. The Morgan fingerprint density at radius 3 is 2.30 bits per heavy atom. The van der Waals surface area contributed by atoms with E-state index in [1.54, 1.807) is 9.80 Å². The highest BCUT2D eigenvalue weighted by atomic mass is 28.4. The van der Waals surface area contributed by atoms with Gasteiger partial charge < -0.3 is 23.7 Å². The minimum absolute atomic E-state index is 0.0898. The van der Waals surface area contributed by atoms with Crippen molar-refractivity contribution in [1.82, 2.24) is 9.80 Å². The number of likely N-dealkylation sites (tertiary alicyclic amines) is 1. The van der Waals surface area contributed by atoms with E-state index in [-0.39, 0.29) is 29.9 Å². The van der Waals surface area contributed by atoms with Crippen molar-refractivity contribution in [2.75, 3.05) is 26.2 Å². The van der Waals surface area contributed by atoms with Gasteiger partial charge in [-0.3, -0.25) is 0 Å². The summed E-state index contributed by atoms with van der Waals surface area (Å²) in [5.74, 6) is 0. The summed E-state index contributed by atoms with van der Waals surface area (Å²) in [7, 11) is -1.94. The molecule has 1 heterocycles. The fourth-order valence-electron chi connectivity index (χ4n) is 3.33. The Morgan fingerprint density at radius 2 is 1.73 bits per heavy atom. The van der Waals surface area contributed by atoms with Crippen LogP contribution in [-0.4, -0.2) is 68.2 Å². The van der Waals surface area contributed by atoms with E-state index in [4.69, 9.17) is 13.9 Å². The van der Waals surface area contributed by atoms with Gasteiger partial charge >= 0.3 is 12.2 Å². The molecular weight excluding hydrogens is 436 g/mol. The van der Waals surface area contributed by atoms with Gasteiger partial charge in [0.1, 0.15) is 12.2 Å². The van der Waals surface area contributed by atoms with Crippen LogP contribution in [0.1, 0.15) is 53.5 Å². The van der Waals surface area contributed by atoms with E-state index in [9.17, 15) is 9.59 Å². The highest BCUT2D eigenvalue weighted by molar-refractivity contribution is 6.74. The van der Waals surface area contributed by atoms with Gasteiger partial charge in [-0.25, -0.2) is 9.59 Å². The van der Waals surface area contributed by atoms with Crippen LogP contribution in [0.25, 0.3) is 0 Å². The lowest BCUT2D eigenvalue weighted by Gasteiger charge is -2.37.